The third-order valence-corrected chi connectivity index (χ3v) is 1.73. The molecule has 3 N–H and O–H groups in total. The van der Waals surface area contributed by atoms with Gasteiger partial charge in [0.05, 0.1) is 0 Å². The summed E-state index contributed by atoms with van der Waals surface area (Å²) < 4.78 is 0. The Morgan fingerprint density at radius 1 is 1.50 bits per heavy atom. The Hall–Kier alpha value is -1.36. The van der Waals surface area contributed by atoms with Gasteiger partial charge in [-0.3, -0.25) is 0 Å². The van der Waals surface area contributed by atoms with Gasteiger partial charge >= 0.3 is 0 Å². The molecule has 1 rings (SSSR count). The van der Waals surface area contributed by atoms with Gasteiger partial charge in [0, 0.05) is 26.8 Å². The van der Waals surface area contributed by atoms with Gasteiger partial charge in [0.25, 0.3) is 0 Å². The smallest absolute Gasteiger partial charge is 0.226 e. The molecule has 0 bridgehead atoms. The first-order valence-electron chi connectivity index (χ1n) is 4.68. The molecule has 0 saturated carbocycles. The van der Waals surface area contributed by atoms with Crippen molar-refractivity contribution in [1.29, 1.82) is 0 Å². The van der Waals surface area contributed by atoms with Crippen molar-refractivity contribution in [3.8, 4) is 0 Å². The minimum Gasteiger partial charge on any atom is -0.370 e. The Morgan fingerprint density at radius 3 is 2.93 bits per heavy atom. The largest absolute Gasteiger partial charge is 0.370 e. The maximum Gasteiger partial charge on any atom is 0.226 e. The van der Waals surface area contributed by atoms with Gasteiger partial charge in [0.1, 0.15) is 5.82 Å². The van der Waals surface area contributed by atoms with E-state index in [4.69, 9.17) is 5.73 Å². The van der Waals surface area contributed by atoms with Crippen molar-refractivity contribution < 1.29 is 0 Å². The highest BCUT2D eigenvalue weighted by atomic mass is 15.2. The predicted molar refractivity (Wildman–Crippen MR) is 58.5 cm³/mol. The molecule has 0 saturated heterocycles. The van der Waals surface area contributed by atoms with Gasteiger partial charge in [-0.25, -0.2) is 4.98 Å². The molecule has 0 atom stereocenters. The molecule has 0 aliphatic carbocycles. The molecule has 14 heavy (non-hydrogen) atoms. The molecule has 0 aliphatic rings. The molecular weight excluding hydrogens is 178 g/mol. The van der Waals surface area contributed by atoms with Crippen molar-refractivity contribution >= 4 is 11.8 Å². The Kier molecular flexibility index (Phi) is 4.12. The number of nitrogens with zero attached hydrogens (tertiary/aromatic N) is 3. The highest BCUT2D eigenvalue weighted by Gasteiger charge is 1.99. The van der Waals surface area contributed by atoms with E-state index in [9.17, 15) is 0 Å². The molecule has 5 nitrogen and oxygen atoms in total. The maximum absolute atomic E-state index is 5.39. The van der Waals surface area contributed by atoms with E-state index >= 15 is 0 Å². The Labute approximate surface area is 84.3 Å². The Bertz CT molecular complexity index is 274. The normalized spacial score (nSPS) is 9.93. The molecule has 1 aromatic rings. The van der Waals surface area contributed by atoms with Gasteiger partial charge in [-0.1, -0.05) is 0 Å². The SMILES string of the molecule is CN(C)c1nccc(NCCCN)n1. The lowest BCUT2D eigenvalue weighted by Crippen LogP contribution is -2.14. The van der Waals surface area contributed by atoms with Crippen LogP contribution in [0, 0.1) is 0 Å². The highest BCUT2D eigenvalue weighted by Crippen LogP contribution is 2.07. The van der Waals surface area contributed by atoms with Gasteiger partial charge in [-0.15, -0.1) is 0 Å². The lowest BCUT2D eigenvalue weighted by Gasteiger charge is -2.11. The summed E-state index contributed by atoms with van der Waals surface area (Å²) in [4.78, 5) is 10.3. The van der Waals surface area contributed by atoms with Crippen LogP contribution in [0.4, 0.5) is 11.8 Å². The lowest BCUT2D eigenvalue weighted by molar-refractivity contribution is 0.867. The average Bonchev–Trinajstić information content (AvgIpc) is 2.19. The number of nitrogens with two attached hydrogens (primary N) is 1. The fraction of sp³-hybridized carbons (Fsp3) is 0.556. The summed E-state index contributed by atoms with van der Waals surface area (Å²) in [7, 11) is 3.83. The van der Waals surface area contributed by atoms with Crippen LogP contribution in [-0.2, 0) is 0 Å². The zero-order valence-electron chi connectivity index (χ0n) is 8.70. The summed E-state index contributed by atoms with van der Waals surface area (Å²) in [6.07, 6.45) is 2.69. The van der Waals surface area contributed by atoms with E-state index in [1.807, 2.05) is 25.1 Å². The first kappa shape index (κ1) is 10.7. The van der Waals surface area contributed by atoms with Crippen molar-refractivity contribution in [3.63, 3.8) is 0 Å². The third-order valence-electron chi connectivity index (χ3n) is 1.73. The number of rotatable bonds is 5. The number of nitrogens with one attached hydrogen (secondary N) is 1. The summed E-state index contributed by atoms with van der Waals surface area (Å²) in [5.41, 5.74) is 5.39. The zero-order chi connectivity index (χ0) is 10.4. The molecule has 1 heterocycles. The molecular formula is C9H17N5. The van der Waals surface area contributed by atoms with E-state index in [0.29, 0.717) is 12.5 Å². The molecule has 0 radical (unpaired) electrons. The number of anilines is 2. The summed E-state index contributed by atoms with van der Waals surface area (Å²) >= 11 is 0. The van der Waals surface area contributed by atoms with E-state index in [-0.39, 0.29) is 0 Å². The van der Waals surface area contributed by atoms with E-state index in [2.05, 4.69) is 15.3 Å². The third kappa shape index (κ3) is 3.18. The Morgan fingerprint density at radius 2 is 2.29 bits per heavy atom. The molecule has 0 spiro atoms. The van der Waals surface area contributed by atoms with Crippen LogP contribution >= 0.6 is 0 Å². The Balaban J connectivity index is 2.55. The van der Waals surface area contributed by atoms with Crippen molar-refractivity contribution in [2.75, 3.05) is 37.4 Å². The molecule has 0 aromatic carbocycles. The van der Waals surface area contributed by atoms with E-state index in [1.54, 1.807) is 6.20 Å². The van der Waals surface area contributed by atoms with Crippen LogP contribution in [0.15, 0.2) is 12.3 Å². The first-order chi connectivity index (χ1) is 6.74. The van der Waals surface area contributed by atoms with E-state index < -0.39 is 0 Å². The number of aromatic nitrogens is 2. The molecule has 0 unspecified atom stereocenters. The number of hydrogen-bond acceptors (Lipinski definition) is 5. The van der Waals surface area contributed by atoms with Crippen LogP contribution in [0.5, 0.6) is 0 Å². The van der Waals surface area contributed by atoms with Crippen LogP contribution in [0.2, 0.25) is 0 Å². The summed E-state index contributed by atoms with van der Waals surface area (Å²) in [5.74, 6) is 1.56. The van der Waals surface area contributed by atoms with Crippen LogP contribution in [0.1, 0.15) is 6.42 Å². The summed E-state index contributed by atoms with van der Waals surface area (Å²) in [5, 5.41) is 3.18. The predicted octanol–water partition coefficient (Wildman–Crippen LogP) is 0.303. The van der Waals surface area contributed by atoms with Crippen molar-refractivity contribution in [2.24, 2.45) is 5.73 Å². The first-order valence-corrected chi connectivity index (χ1v) is 4.68. The standard InChI is InChI=1S/C9H17N5/c1-14(2)9-12-7-4-8(13-9)11-6-3-5-10/h4,7H,3,5-6,10H2,1-2H3,(H,11,12,13). The minimum absolute atomic E-state index is 0.693. The summed E-state index contributed by atoms with van der Waals surface area (Å²) in [6.45, 7) is 1.54. The van der Waals surface area contributed by atoms with Gasteiger partial charge < -0.3 is 16.0 Å². The van der Waals surface area contributed by atoms with Crippen molar-refractivity contribution in [1.82, 2.24) is 9.97 Å². The van der Waals surface area contributed by atoms with Crippen LogP contribution < -0.4 is 16.0 Å². The van der Waals surface area contributed by atoms with Gasteiger partial charge in [-0.2, -0.15) is 4.98 Å². The van der Waals surface area contributed by atoms with E-state index in [0.717, 1.165) is 18.8 Å². The monoisotopic (exact) mass is 195 g/mol. The number of hydrogen-bond donors (Lipinski definition) is 2. The lowest BCUT2D eigenvalue weighted by atomic mass is 10.4. The van der Waals surface area contributed by atoms with Gasteiger partial charge in [0.2, 0.25) is 5.95 Å². The molecule has 1 aromatic heterocycles. The second-order valence-electron chi connectivity index (χ2n) is 3.21. The molecule has 5 heteroatoms. The maximum atomic E-state index is 5.39. The zero-order valence-corrected chi connectivity index (χ0v) is 8.70. The van der Waals surface area contributed by atoms with Crippen molar-refractivity contribution in [2.45, 2.75) is 6.42 Å². The van der Waals surface area contributed by atoms with E-state index in [1.165, 1.54) is 0 Å². The molecule has 0 aliphatic heterocycles. The molecule has 78 valence electrons. The quantitative estimate of drug-likeness (QED) is 0.662. The second kappa shape index (κ2) is 5.39. The molecule has 0 amide bonds. The second-order valence-corrected chi connectivity index (χ2v) is 3.21. The fourth-order valence-electron chi connectivity index (χ4n) is 0.981. The van der Waals surface area contributed by atoms with Crippen LogP contribution in [0.3, 0.4) is 0 Å². The van der Waals surface area contributed by atoms with Crippen LogP contribution in [0.25, 0.3) is 0 Å². The molecule has 0 fully saturated rings. The van der Waals surface area contributed by atoms with Gasteiger partial charge in [-0.05, 0) is 19.0 Å². The highest BCUT2D eigenvalue weighted by molar-refractivity contribution is 5.40. The fourth-order valence-corrected chi connectivity index (χ4v) is 0.981. The topological polar surface area (TPSA) is 67.1 Å². The van der Waals surface area contributed by atoms with Crippen molar-refractivity contribution in [3.05, 3.63) is 12.3 Å². The minimum atomic E-state index is 0.693. The van der Waals surface area contributed by atoms with Crippen LogP contribution in [-0.4, -0.2) is 37.2 Å². The van der Waals surface area contributed by atoms with Gasteiger partial charge in [0.15, 0.2) is 0 Å². The average molecular weight is 195 g/mol. The summed E-state index contributed by atoms with van der Waals surface area (Å²) in [6, 6.07) is 1.85.